The Hall–Kier alpha value is -2.81. The zero-order chi connectivity index (χ0) is 21.0. The van der Waals surface area contributed by atoms with E-state index in [1.807, 2.05) is 36.7 Å². The highest BCUT2D eigenvalue weighted by Gasteiger charge is 2.41. The lowest BCUT2D eigenvalue weighted by atomic mass is 10.1. The van der Waals surface area contributed by atoms with Gasteiger partial charge in [-0.3, -0.25) is 19.6 Å². The smallest absolute Gasteiger partial charge is 0.322 e. The molecule has 1 aromatic heterocycles. The number of benzene rings is 1. The Kier molecular flexibility index (Phi) is 6.26. The van der Waals surface area contributed by atoms with Crippen molar-refractivity contribution in [3.63, 3.8) is 0 Å². The molecule has 3 rings (SSSR count). The molecule has 0 aliphatic carbocycles. The monoisotopic (exact) mass is 415 g/mol. The second-order valence-corrected chi connectivity index (χ2v) is 8.30. The molecule has 1 fully saturated rings. The van der Waals surface area contributed by atoms with Gasteiger partial charge in [0.25, 0.3) is 11.8 Å². The molecule has 2 aromatic rings. The van der Waals surface area contributed by atoms with Gasteiger partial charge in [0.1, 0.15) is 5.54 Å². The van der Waals surface area contributed by atoms with Gasteiger partial charge in [-0.1, -0.05) is 12.1 Å². The lowest BCUT2D eigenvalue weighted by Crippen LogP contribution is -2.46. The number of nitrogens with zero attached hydrogens (tertiary/aromatic N) is 2. The van der Waals surface area contributed by atoms with Crippen molar-refractivity contribution in [2.75, 3.05) is 12.3 Å². The summed E-state index contributed by atoms with van der Waals surface area (Å²) in [7, 11) is 0. The molecule has 29 heavy (non-hydrogen) atoms. The SMILES string of the molecule is Cc1cc(C)n(CCCNC(=O)c2ccccc2SCC2(C)NC(=O)NC2=O)n1. The number of urea groups is 1. The average Bonchev–Trinajstić information content (AvgIpc) is 3.13. The van der Waals surface area contributed by atoms with Gasteiger partial charge in [-0.25, -0.2) is 4.79 Å². The second kappa shape index (κ2) is 8.69. The minimum atomic E-state index is -0.995. The molecule has 2 heterocycles. The first-order valence-corrected chi connectivity index (χ1v) is 10.4. The molecule has 1 aromatic carbocycles. The molecule has 0 radical (unpaired) electrons. The molecule has 4 amide bonds. The predicted molar refractivity (Wildman–Crippen MR) is 111 cm³/mol. The molecule has 154 valence electrons. The van der Waals surface area contributed by atoms with Crippen LogP contribution < -0.4 is 16.0 Å². The topological polar surface area (TPSA) is 105 Å². The van der Waals surface area contributed by atoms with Gasteiger partial charge in [0.2, 0.25) is 0 Å². The van der Waals surface area contributed by atoms with E-state index in [0.29, 0.717) is 17.9 Å². The van der Waals surface area contributed by atoms with Crippen LogP contribution in [0, 0.1) is 13.8 Å². The van der Waals surface area contributed by atoms with Crippen molar-refractivity contribution in [2.24, 2.45) is 0 Å². The summed E-state index contributed by atoms with van der Waals surface area (Å²) in [5, 5.41) is 12.2. The Labute approximate surface area is 173 Å². The van der Waals surface area contributed by atoms with E-state index in [-0.39, 0.29) is 11.8 Å². The van der Waals surface area contributed by atoms with E-state index < -0.39 is 11.6 Å². The molecule has 8 nitrogen and oxygen atoms in total. The fraction of sp³-hybridized carbons (Fsp3) is 0.400. The van der Waals surface area contributed by atoms with Crippen molar-refractivity contribution >= 4 is 29.6 Å². The first kappa shape index (κ1) is 20.9. The van der Waals surface area contributed by atoms with Crippen LogP contribution in [0.2, 0.25) is 0 Å². The lowest BCUT2D eigenvalue weighted by molar-refractivity contribution is -0.122. The van der Waals surface area contributed by atoms with Crippen molar-refractivity contribution in [1.82, 2.24) is 25.7 Å². The van der Waals surface area contributed by atoms with Crippen LogP contribution in [-0.2, 0) is 11.3 Å². The summed E-state index contributed by atoms with van der Waals surface area (Å²) in [4.78, 5) is 36.8. The van der Waals surface area contributed by atoms with Crippen molar-refractivity contribution in [2.45, 2.75) is 44.2 Å². The molecular weight excluding hydrogens is 390 g/mol. The highest BCUT2D eigenvalue weighted by molar-refractivity contribution is 7.99. The van der Waals surface area contributed by atoms with Gasteiger partial charge in [-0.05, 0) is 45.4 Å². The number of hydrogen-bond acceptors (Lipinski definition) is 5. The lowest BCUT2D eigenvalue weighted by Gasteiger charge is -2.20. The van der Waals surface area contributed by atoms with Crippen molar-refractivity contribution in [3.8, 4) is 0 Å². The third kappa shape index (κ3) is 4.97. The maximum Gasteiger partial charge on any atom is 0.322 e. The van der Waals surface area contributed by atoms with Gasteiger partial charge in [-0.15, -0.1) is 11.8 Å². The number of aryl methyl sites for hydroxylation is 3. The molecule has 3 N–H and O–H groups in total. The largest absolute Gasteiger partial charge is 0.352 e. The highest BCUT2D eigenvalue weighted by Crippen LogP contribution is 2.27. The first-order chi connectivity index (χ1) is 13.8. The maximum atomic E-state index is 12.6. The molecule has 1 atom stereocenters. The van der Waals surface area contributed by atoms with Crippen molar-refractivity contribution in [3.05, 3.63) is 47.3 Å². The van der Waals surface area contributed by atoms with Crippen LogP contribution in [0.3, 0.4) is 0 Å². The maximum absolute atomic E-state index is 12.6. The number of hydrogen-bond donors (Lipinski definition) is 3. The Morgan fingerprint density at radius 1 is 1.28 bits per heavy atom. The number of amides is 4. The summed E-state index contributed by atoms with van der Waals surface area (Å²) >= 11 is 1.37. The van der Waals surface area contributed by atoms with E-state index in [1.54, 1.807) is 19.1 Å². The molecule has 1 unspecified atom stereocenters. The van der Waals surface area contributed by atoms with E-state index >= 15 is 0 Å². The molecule has 1 saturated heterocycles. The minimum absolute atomic E-state index is 0.161. The van der Waals surface area contributed by atoms with Gasteiger partial charge in [0.15, 0.2) is 0 Å². The van der Waals surface area contributed by atoms with E-state index in [1.165, 1.54) is 11.8 Å². The van der Waals surface area contributed by atoms with Gasteiger partial charge in [-0.2, -0.15) is 5.10 Å². The zero-order valence-corrected chi connectivity index (χ0v) is 17.6. The van der Waals surface area contributed by atoms with Crippen molar-refractivity contribution in [1.29, 1.82) is 0 Å². The third-order valence-electron chi connectivity index (χ3n) is 4.70. The Balaban J connectivity index is 1.55. The zero-order valence-electron chi connectivity index (χ0n) is 16.7. The average molecular weight is 416 g/mol. The number of imide groups is 1. The minimum Gasteiger partial charge on any atom is -0.352 e. The van der Waals surface area contributed by atoms with E-state index in [4.69, 9.17) is 0 Å². The van der Waals surface area contributed by atoms with Gasteiger partial charge >= 0.3 is 6.03 Å². The van der Waals surface area contributed by atoms with Crippen LogP contribution in [0.1, 0.15) is 35.1 Å². The molecule has 1 aliphatic rings. The number of carbonyl (C=O) groups excluding carboxylic acids is 3. The Morgan fingerprint density at radius 2 is 2.03 bits per heavy atom. The van der Waals surface area contributed by atoms with Crippen LogP contribution in [0.25, 0.3) is 0 Å². The summed E-state index contributed by atoms with van der Waals surface area (Å²) in [6.45, 7) is 6.91. The standard InChI is InChI=1S/C20H25N5O3S/c1-13-11-14(2)25(24-13)10-6-9-21-17(26)15-7-4-5-8-16(15)29-12-20(3)18(27)22-19(28)23-20/h4-5,7-8,11H,6,9-10,12H2,1-3H3,(H,21,26)(H2,22,23,27,28). The van der Waals surface area contributed by atoms with Crippen LogP contribution in [0.5, 0.6) is 0 Å². The van der Waals surface area contributed by atoms with Crippen LogP contribution >= 0.6 is 11.8 Å². The van der Waals surface area contributed by atoms with Crippen LogP contribution in [0.15, 0.2) is 35.2 Å². The van der Waals surface area contributed by atoms with Gasteiger partial charge < -0.3 is 10.6 Å². The highest BCUT2D eigenvalue weighted by atomic mass is 32.2. The van der Waals surface area contributed by atoms with Gasteiger partial charge in [0, 0.05) is 29.4 Å². The Morgan fingerprint density at radius 3 is 2.69 bits per heavy atom. The summed E-state index contributed by atoms with van der Waals surface area (Å²) in [6.07, 6.45) is 0.771. The number of rotatable bonds is 8. The first-order valence-electron chi connectivity index (χ1n) is 9.43. The number of carbonyl (C=O) groups is 3. The van der Waals surface area contributed by atoms with E-state index in [9.17, 15) is 14.4 Å². The normalized spacial score (nSPS) is 18.4. The summed E-state index contributed by atoms with van der Waals surface area (Å²) in [5.74, 6) is -0.195. The summed E-state index contributed by atoms with van der Waals surface area (Å²) in [5.41, 5.74) is 1.65. The molecule has 0 spiro atoms. The summed E-state index contributed by atoms with van der Waals surface area (Å²) in [6, 6.07) is 8.78. The van der Waals surface area contributed by atoms with E-state index in [0.717, 1.165) is 29.2 Å². The quantitative estimate of drug-likeness (QED) is 0.348. The van der Waals surface area contributed by atoms with E-state index in [2.05, 4.69) is 21.0 Å². The fourth-order valence-electron chi connectivity index (χ4n) is 3.11. The molecule has 9 heteroatoms. The second-order valence-electron chi connectivity index (χ2n) is 7.28. The number of thioether (sulfide) groups is 1. The third-order valence-corrected chi connectivity index (χ3v) is 6.09. The Bertz CT molecular complexity index is 942. The number of aromatic nitrogens is 2. The fourth-order valence-corrected chi connectivity index (χ4v) is 4.25. The predicted octanol–water partition coefficient (Wildman–Crippen LogP) is 2.01. The molecule has 1 aliphatic heterocycles. The summed E-state index contributed by atoms with van der Waals surface area (Å²) < 4.78 is 1.94. The molecule has 0 saturated carbocycles. The van der Waals surface area contributed by atoms with Gasteiger partial charge in [0.05, 0.1) is 11.3 Å². The molecular formula is C20H25N5O3S. The van der Waals surface area contributed by atoms with Crippen LogP contribution in [-0.4, -0.2) is 45.5 Å². The number of nitrogens with one attached hydrogen (secondary N) is 3. The van der Waals surface area contributed by atoms with Crippen molar-refractivity contribution < 1.29 is 14.4 Å². The molecule has 0 bridgehead atoms. The van der Waals surface area contributed by atoms with Crippen LogP contribution in [0.4, 0.5) is 4.79 Å².